The highest BCUT2D eigenvalue weighted by Crippen LogP contribution is 2.12. The second kappa shape index (κ2) is 7.17. The van der Waals surface area contributed by atoms with E-state index in [-0.39, 0.29) is 11.9 Å². The maximum absolute atomic E-state index is 11.3. The molecule has 0 bridgehead atoms. The predicted molar refractivity (Wildman–Crippen MR) is 65.5 cm³/mol. The van der Waals surface area contributed by atoms with Crippen LogP contribution in [0.5, 0.6) is 0 Å². The van der Waals surface area contributed by atoms with Crippen LogP contribution >= 0.6 is 11.3 Å². The molecule has 0 saturated heterocycles. The molecular formula is C12H17NO2S. The Morgan fingerprint density at radius 1 is 1.56 bits per heavy atom. The second-order valence-corrected chi connectivity index (χ2v) is 4.81. The average molecular weight is 239 g/mol. The standard InChI is InChI=1S/C12H17NO2S/c1-10(9-14)13-12(15)7-3-2-5-11-6-4-8-16-11/h4,6,8-10H,2-3,5,7H2,1H3,(H,13,15)/t10-/m0/s1. The summed E-state index contributed by atoms with van der Waals surface area (Å²) in [6.07, 6.45) is 4.17. The van der Waals surface area contributed by atoms with Crippen molar-refractivity contribution in [3.05, 3.63) is 22.4 Å². The molecule has 0 aromatic carbocycles. The monoisotopic (exact) mass is 239 g/mol. The number of carbonyl (C=O) groups excluding carboxylic acids is 2. The molecule has 1 aromatic rings. The van der Waals surface area contributed by atoms with E-state index in [1.54, 1.807) is 18.3 Å². The molecule has 0 aliphatic rings. The lowest BCUT2D eigenvalue weighted by Gasteiger charge is -2.06. The van der Waals surface area contributed by atoms with Gasteiger partial charge >= 0.3 is 0 Å². The summed E-state index contributed by atoms with van der Waals surface area (Å²) in [7, 11) is 0. The largest absolute Gasteiger partial charge is 0.347 e. The first-order valence-corrected chi connectivity index (χ1v) is 6.37. The summed E-state index contributed by atoms with van der Waals surface area (Å²) < 4.78 is 0. The van der Waals surface area contributed by atoms with Gasteiger partial charge in [-0.15, -0.1) is 11.3 Å². The molecule has 1 heterocycles. The Morgan fingerprint density at radius 2 is 2.38 bits per heavy atom. The van der Waals surface area contributed by atoms with Crippen molar-refractivity contribution in [2.24, 2.45) is 0 Å². The van der Waals surface area contributed by atoms with E-state index in [1.807, 2.05) is 6.07 Å². The normalized spacial score (nSPS) is 12.1. The van der Waals surface area contributed by atoms with E-state index in [0.29, 0.717) is 6.42 Å². The molecule has 88 valence electrons. The molecule has 1 atom stereocenters. The summed E-state index contributed by atoms with van der Waals surface area (Å²) in [6.45, 7) is 1.68. The van der Waals surface area contributed by atoms with Crippen LogP contribution in [0.4, 0.5) is 0 Å². The molecule has 1 N–H and O–H groups in total. The van der Waals surface area contributed by atoms with E-state index >= 15 is 0 Å². The molecule has 0 radical (unpaired) electrons. The number of unbranched alkanes of at least 4 members (excludes halogenated alkanes) is 1. The summed E-state index contributed by atoms with van der Waals surface area (Å²) in [6, 6.07) is 3.78. The van der Waals surface area contributed by atoms with Gasteiger partial charge in [0, 0.05) is 11.3 Å². The van der Waals surface area contributed by atoms with Crippen LogP contribution in [0.25, 0.3) is 0 Å². The van der Waals surface area contributed by atoms with Gasteiger partial charge in [-0.05, 0) is 37.6 Å². The summed E-state index contributed by atoms with van der Waals surface area (Å²) in [5.41, 5.74) is 0. The quantitative estimate of drug-likeness (QED) is 0.585. The molecule has 4 heteroatoms. The van der Waals surface area contributed by atoms with E-state index in [0.717, 1.165) is 25.5 Å². The van der Waals surface area contributed by atoms with E-state index in [1.165, 1.54) is 4.88 Å². The molecule has 1 aromatic heterocycles. The minimum atomic E-state index is -0.371. The molecule has 0 fully saturated rings. The van der Waals surface area contributed by atoms with Gasteiger partial charge in [0.05, 0.1) is 6.04 Å². The zero-order chi connectivity index (χ0) is 11.8. The highest BCUT2D eigenvalue weighted by atomic mass is 32.1. The first-order chi connectivity index (χ1) is 7.72. The highest BCUT2D eigenvalue weighted by molar-refractivity contribution is 7.09. The lowest BCUT2D eigenvalue weighted by atomic mass is 10.1. The Morgan fingerprint density at radius 3 is 3.00 bits per heavy atom. The zero-order valence-electron chi connectivity index (χ0n) is 9.44. The summed E-state index contributed by atoms with van der Waals surface area (Å²) >= 11 is 1.75. The van der Waals surface area contributed by atoms with Gasteiger partial charge in [-0.1, -0.05) is 6.07 Å². The SMILES string of the molecule is C[C@@H](C=O)NC(=O)CCCCc1cccs1. The lowest BCUT2D eigenvalue weighted by molar-refractivity contribution is -0.123. The molecule has 0 unspecified atom stereocenters. The van der Waals surface area contributed by atoms with Crippen LogP contribution in [0.2, 0.25) is 0 Å². The third-order valence-corrected chi connectivity index (χ3v) is 3.19. The number of amides is 1. The van der Waals surface area contributed by atoms with Gasteiger partial charge in [-0.3, -0.25) is 4.79 Å². The van der Waals surface area contributed by atoms with Crippen LogP contribution in [0.15, 0.2) is 17.5 Å². The number of hydrogen-bond donors (Lipinski definition) is 1. The van der Waals surface area contributed by atoms with Crippen LogP contribution in [0, 0.1) is 0 Å². The van der Waals surface area contributed by atoms with Crippen molar-refractivity contribution in [3.63, 3.8) is 0 Å². The summed E-state index contributed by atoms with van der Waals surface area (Å²) in [5.74, 6) is -0.0363. The third-order valence-electron chi connectivity index (χ3n) is 2.25. The Kier molecular flexibility index (Phi) is 5.78. The zero-order valence-corrected chi connectivity index (χ0v) is 10.3. The van der Waals surface area contributed by atoms with Crippen LogP contribution < -0.4 is 5.32 Å². The molecule has 3 nitrogen and oxygen atoms in total. The van der Waals surface area contributed by atoms with Gasteiger partial charge in [0.15, 0.2) is 0 Å². The molecule has 0 saturated carbocycles. The molecule has 0 aliphatic carbocycles. The highest BCUT2D eigenvalue weighted by Gasteiger charge is 2.05. The molecule has 0 spiro atoms. The number of thiophene rings is 1. The smallest absolute Gasteiger partial charge is 0.220 e. The number of aldehydes is 1. The summed E-state index contributed by atoms with van der Waals surface area (Å²) in [5, 5.41) is 4.68. The summed E-state index contributed by atoms with van der Waals surface area (Å²) in [4.78, 5) is 23.0. The molecule has 1 amide bonds. The van der Waals surface area contributed by atoms with Crippen molar-refractivity contribution >= 4 is 23.5 Å². The fraction of sp³-hybridized carbons (Fsp3) is 0.500. The van der Waals surface area contributed by atoms with Crippen molar-refractivity contribution < 1.29 is 9.59 Å². The Bertz CT molecular complexity index is 322. The minimum absolute atomic E-state index is 0.0363. The van der Waals surface area contributed by atoms with Gasteiger partial charge in [0.1, 0.15) is 6.29 Å². The predicted octanol–water partition coefficient (Wildman–Crippen LogP) is 2.16. The first kappa shape index (κ1) is 12.9. The van der Waals surface area contributed by atoms with Crippen LogP contribution in [-0.4, -0.2) is 18.2 Å². The van der Waals surface area contributed by atoms with E-state index < -0.39 is 0 Å². The minimum Gasteiger partial charge on any atom is -0.347 e. The first-order valence-electron chi connectivity index (χ1n) is 5.49. The van der Waals surface area contributed by atoms with Gasteiger partial charge in [0.25, 0.3) is 0 Å². The maximum Gasteiger partial charge on any atom is 0.220 e. The van der Waals surface area contributed by atoms with Crippen LogP contribution in [0.3, 0.4) is 0 Å². The van der Waals surface area contributed by atoms with Crippen LogP contribution in [-0.2, 0) is 16.0 Å². The Balaban J connectivity index is 2.06. The number of hydrogen-bond acceptors (Lipinski definition) is 3. The van der Waals surface area contributed by atoms with Crippen molar-refractivity contribution in [2.75, 3.05) is 0 Å². The van der Waals surface area contributed by atoms with E-state index in [2.05, 4.69) is 16.8 Å². The maximum atomic E-state index is 11.3. The van der Waals surface area contributed by atoms with Crippen molar-refractivity contribution in [1.82, 2.24) is 5.32 Å². The van der Waals surface area contributed by atoms with E-state index in [9.17, 15) is 9.59 Å². The fourth-order valence-corrected chi connectivity index (χ4v) is 2.15. The van der Waals surface area contributed by atoms with Gasteiger partial charge in [-0.25, -0.2) is 0 Å². The van der Waals surface area contributed by atoms with E-state index in [4.69, 9.17) is 0 Å². The van der Waals surface area contributed by atoms with Gasteiger partial charge in [-0.2, -0.15) is 0 Å². The molecular weight excluding hydrogens is 222 g/mol. The Hall–Kier alpha value is -1.16. The lowest BCUT2D eigenvalue weighted by Crippen LogP contribution is -2.33. The average Bonchev–Trinajstić information content (AvgIpc) is 2.77. The van der Waals surface area contributed by atoms with Gasteiger partial charge in [0.2, 0.25) is 5.91 Å². The number of aryl methyl sites for hydroxylation is 1. The van der Waals surface area contributed by atoms with Gasteiger partial charge < -0.3 is 10.1 Å². The topological polar surface area (TPSA) is 46.2 Å². The van der Waals surface area contributed by atoms with Crippen molar-refractivity contribution in [2.45, 2.75) is 38.6 Å². The number of rotatable bonds is 7. The Labute approximate surface area is 99.9 Å². The number of nitrogens with one attached hydrogen (secondary N) is 1. The third kappa shape index (κ3) is 5.07. The molecule has 0 aliphatic heterocycles. The van der Waals surface area contributed by atoms with Crippen molar-refractivity contribution in [1.29, 1.82) is 0 Å². The second-order valence-electron chi connectivity index (χ2n) is 3.78. The van der Waals surface area contributed by atoms with Crippen LogP contribution in [0.1, 0.15) is 31.1 Å². The van der Waals surface area contributed by atoms with Crippen molar-refractivity contribution in [3.8, 4) is 0 Å². The molecule has 1 rings (SSSR count). The molecule has 16 heavy (non-hydrogen) atoms. The number of carbonyl (C=O) groups is 2. The fourth-order valence-electron chi connectivity index (χ4n) is 1.40.